The maximum atomic E-state index is 9.36. The molecule has 2 aliphatic rings. The molecular formula is C7H12O3. The molecule has 0 aliphatic carbocycles. The molecule has 2 aliphatic heterocycles. The zero-order valence-electron chi connectivity index (χ0n) is 5.99. The van der Waals surface area contributed by atoms with E-state index in [1.54, 1.807) is 0 Å². The first kappa shape index (κ1) is 6.58. The van der Waals surface area contributed by atoms with Crippen molar-refractivity contribution in [2.75, 3.05) is 13.2 Å². The van der Waals surface area contributed by atoms with Crippen LogP contribution in [0.15, 0.2) is 0 Å². The molecule has 0 radical (unpaired) electrons. The number of fused-ring (bicyclic) bond motifs is 1. The van der Waals surface area contributed by atoms with Gasteiger partial charge in [0.2, 0.25) is 0 Å². The number of rotatable bonds is 0. The van der Waals surface area contributed by atoms with Gasteiger partial charge in [0.15, 0.2) is 6.29 Å². The summed E-state index contributed by atoms with van der Waals surface area (Å²) in [6.07, 6.45) is -0.424. The van der Waals surface area contributed by atoms with Crippen molar-refractivity contribution >= 4 is 0 Å². The molecule has 4 atom stereocenters. The highest BCUT2D eigenvalue weighted by atomic mass is 16.7. The van der Waals surface area contributed by atoms with Gasteiger partial charge in [-0.1, -0.05) is 6.92 Å². The average Bonchev–Trinajstić information content (AvgIpc) is 2.40. The molecule has 58 valence electrons. The number of ether oxygens (including phenoxy) is 2. The molecule has 2 heterocycles. The van der Waals surface area contributed by atoms with Crippen molar-refractivity contribution in [2.45, 2.75) is 19.3 Å². The topological polar surface area (TPSA) is 38.7 Å². The molecule has 2 rings (SSSR count). The summed E-state index contributed by atoms with van der Waals surface area (Å²) in [4.78, 5) is 0. The number of hydrogen-bond acceptors (Lipinski definition) is 3. The van der Waals surface area contributed by atoms with Crippen LogP contribution >= 0.6 is 0 Å². The molecular weight excluding hydrogens is 132 g/mol. The summed E-state index contributed by atoms with van der Waals surface area (Å²) in [6.45, 7) is 3.26. The van der Waals surface area contributed by atoms with Gasteiger partial charge in [0.05, 0.1) is 19.3 Å². The Labute approximate surface area is 59.9 Å². The summed E-state index contributed by atoms with van der Waals surface area (Å²) < 4.78 is 10.5. The molecule has 0 spiro atoms. The van der Waals surface area contributed by atoms with Crippen LogP contribution in [-0.2, 0) is 9.47 Å². The minimum Gasteiger partial charge on any atom is -0.390 e. The van der Waals surface area contributed by atoms with Gasteiger partial charge in [-0.2, -0.15) is 0 Å². The van der Waals surface area contributed by atoms with Crippen LogP contribution in [0.2, 0.25) is 0 Å². The molecule has 0 amide bonds. The predicted molar refractivity (Wildman–Crippen MR) is 34.4 cm³/mol. The Morgan fingerprint density at radius 1 is 1.30 bits per heavy atom. The van der Waals surface area contributed by atoms with Crippen LogP contribution in [0.3, 0.4) is 0 Å². The Hall–Kier alpha value is -0.120. The fourth-order valence-electron chi connectivity index (χ4n) is 1.76. The molecule has 0 saturated carbocycles. The Morgan fingerprint density at radius 2 is 2.00 bits per heavy atom. The summed E-state index contributed by atoms with van der Waals surface area (Å²) in [5.41, 5.74) is 0. The molecule has 0 bridgehead atoms. The van der Waals surface area contributed by atoms with Crippen molar-refractivity contribution in [3.8, 4) is 0 Å². The smallest absolute Gasteiger partial charge is 0.163 e. The van der Waals surface area contributed by atoms with E-state index in [9.17, 15) is 5.11 Å². The maximum absolute atomic E-state index is 9.36. The van der Waals surface area contributed by atoms with Crippen molar-refractivity contribution in [3.05, 3.63) is 0 Å². The van der Waals surface area contributed by atoms with E-state index >= 15 is 0 Å². The third kappa shape index (κ3) is 0.779. The quantitative estimate of drug-likeness (QED) is 0.519. The van der Waals surface area contributed by atoms with E-state index in [2.05, 4.69) is 6.92 Å². The highest BCUT2D eigenvalue weighted by Gasteiger charge is 2.45. The Morgan fingerprint density at radius 3 is 2.70 bits per heavy atom. The zero-order chi connectivity index (χ0) is 7.14. The van der Waals surface area contributed by atoms with Gasteiger partial charge in [-0.05, 0) is 5.92 Å². The van der Waals surface area contributed by atoms with Gasteiger partial charge in [0, 0.05) is 5.92 Å². The van der Waals surface area contributed by atoms with E-state index in [0.29, 0.717) is 12.5 Å². The molecule has 2 fully saturated rings. The lowest BCUT2D eigenvalue weighted by Gasteiger charge is -2.12. The van der Waals surface area contributed by atoms with Gasteiger partial charge in [-0.3, -0.25) is 0 Å². The molecule has 0 aromatic rings. The van der Waals surface area contributed by atoms with Crippen LogP contribution in [0.1, 0.15) is 6.92 Å². The highest BCUT2D eigenvalue weighted by molar-refractivity contribution is 4.86. The third-order valence-electron chi connectivity index (χ3n) is 2.37. The second-order valence-corrected chi connectivity index (χ2v) is 3.16. The van der Waals surface area contributed by atoms with E-state index in [4.69, 9.17) is 9.47 Å². The number of hydrogen-bond donors (Lipinski definition) is 1. The van der Waals surface area contributed by atoms with Crippen molar-refractivity contribution in [1.29, 1.82) is 0 Å². The molecule has 3 heteroatoms. The van der Waals surface area contributed by atoms with Crippen LogP contribution in [0.4, 0.5) is 0 Å². The van der Waals surface area contributed by atoms with Crippen LogP contribution in [0.25, 0.3) is 0 Å². The number of aliphatic hydroxyl groups excluding tert-OH is 1. The summed E-state index contributed by atoms with van der Waals surface area (Å²) in [7, 11) is 0. The van der Waals surface area contributed by atoms with Gasteiger partial charge >= 0.3 is 0 Å². The fourth-order valence-corrected chi connectivity index (χ4v) is 1.76. The first-order valence-corrected chi connectivity index (χ1v) is 3.70. The zero-order valence-corrected chi connectivity index (χ0v) is 5.99. The second-order valence-electron chi connectivity index (χ2n) is 3.16. The van der Waals surface area contributed by atoms with Gasteiger partial charge in [-0.15, -0.1) is 0 Å². The Balaban J connectivity index is 2.11. The van der Waals surface area contributed by atoms with Crippen molar-refractivity contribution in [1.82, 2.24) is 0 Å². The largest absolute Gasteiger partial charge is 0.390 e. The predicted octanol–water partition coefficient (Wildman–Crippen LogP) is -0.0139. The highest BCUT2D eigenvalue weighted by Crippen LogP contribution is 2.35. The first-order chi connectivity index (χ1) is 4.79. The molecule has 10 heavy (non-hydrogen) atoms. The SMILES string of the molecule is CC1COC2OC[C@H](O)[C@H]12. The fraction of sp³-hybridized carbons (Fsp3) is 1.00. The Kier molecular flexibility index (Phi) is 1.44. The lowest BCUT2D eigenvalue weighted by atomic mass is 9.93. The summed E-state index contributed by atoms with van der Waals surface area (Å²) in [6, 6.07) is 0. The number of aliphatic hydroxyl groups is 1. The van der Waals surface area contributed by atoms with Crippen molar-refractivity contribution < 1.29 is 14.6 Å². The normalized spacial score (nSPS) is 53.4. The first-order valence-electron chi connectivity index (χ1n) is 3.70. The van der Waals surface area contributed by atoms with E-state index < -0.39 is 0 Å². The lowest BCUT2D eigenvalue weighted by molar-refractivity contribution is -0.0908. The minimum atomic E-state index is -0.303. The second kappa shape index (κ2) is 2.19. The summed E-state index contributed by atoms with van der Waals surface area (Å²) in [5.74, 6) is 0.669. The van der Waals surface area contributed by atoms with Gasteiger partial charge < -0.3 is 14.6 Å². The minimum absolute atomic E-state index is 0.120. The van der Waals surface area contributed by atoms with Gasteiger partial charge in [0.25, 0.3) is 0 Å². The van der Waals surface area contributed by atoms with E-state index in [0.717, 1.165) is 6.61 Å². The third-order valence-corrected chi connectivity index (χ3v) is 2.37. The molecule has 3 nitrogen and oxygen atoms in total. The van der Waals surface area contributed by atoms with Crippen LogP contribution in [0.5, 0.6) is 0 Å². The summed E-state index contributed by atoms with van der Waals surface area (Å²) >= 11 is 0. The standard InChI is InChI=1S/C7H12O3/c1-4-2-9-7-6(4)5(8)3-10-7/h4-8H,2-3H2,1H3/t4?,5-,6-,7?/m0/s1. The maximum Gasteiger partial charge on any atom is 0.163 e. The van der Waals surface area contributed by atoms with E-state index in [1.165, 1.54) is 0 Å². The van der Waals surface area contributed by atoms with Crippen LogP contribution < -0.4 is 0 Å². The van der Waals surface area contributed by atoms with E-state index in [-0.39, 0.29) is 18.3 Å². The Bertz CT molecular complexity index is 123. The van der Waals surface area contributed by atoms with Crippen molar-refractivity contribution in [3.63, 3.8) is 0 Å². The molecule has 0 aromatic heterocycles. The molecule has 1 N–H and O–H groups in total. The molecule has 2 saturated heterocycles. The molecule has 0 aromatic carbocycles. The van der Waals surface area contributed by atoms with Gasteiger partial charge in [0.1, 0.15) is 0 Å². The monoisotopic (exact) mass is 144 g/mol. The van der Waals surface area contributed by atoms with Crippen LogP contribution in [0, 0.1) is 11.8 Å². The van der Waals surface area contributed by atoms with Gasteiger partial charge in [-0.25, -0.2) is 0 Å². The van der Waals surface area contributed by atoms with E-state index in [1.807, 2.05) is 0 Å². The lowest BCUT2D eigenvalue weighted by Crippen LogP contribution is -2.24. The molecule has 2 unspecified atom stereocenters. The van der Waals surface area contributed by atoms with Crippen LogP contribution in [-0.4, -0.2) is 30.7 Å². The average molecular weight is 144 g/mol. The summed E-state index contributed by atoms with van der Waals surface area (Å²) in [5, 5.41) is 9.36. The van der Waals surface area contributed by atoms with Crippen molar-refractivity contribution in [2.24, 2.45) is 11.8 Å².